The van der Waals surface area contributed by atoms with E-state index in [9.17, 15) is 4.79 Å². The van der Waals surface area contributed by atoms with Crippen LogP contribution in [0.2, 0.25) is 0 Å². The summed E-state index contributed by atoms with van der Waals surface area (Å²) in [7, 11) is 1.93. The van der Waals surface area contributed by atoms with Crippen molar-refractivity contribution in [3.05, 3.63) is 58.0 Å². The monoisotopic (exact) mass is 323 g/mol. The fraction of sp³-hybridized carbons (Fsp3) is 0.214. The number of benzene rings is 1. The van der Waals surface area contributed by atoms with Crippen LogP contribution in [-0.4, -0.2) is 23.0 Å². The average molecular weight is 324 g/mol. The summed E-state index contributed by atoms with van der Waals surface area (Å²) in [6.45, 7) is 1.18. The van der Waals surface area contributed by atoms with Crippen LogP contribution in [0.25, 0.3) is 0 Å². The highest BCUT2D eigenvalue weighted by molar-refractivity contribution is 9.10. The third-order valence-corrected chi connectivity index (χ3v) is 3.22. The molecule has 0 radical (unpaired) electrons. The van der Waals surface area contributed by atoms with Gasteiger partial charge in [0.2, 0.25) is 0 Å². The number of nitrogens with zero attached hydrogens (tertiary/aromatic N) is 1. The van der Waals surface area contributed by atoms with E-state index >= 15 is 0 Å². The smallest absolute Gasteiger partial charge is 0.339 e. The summed E-state index contributed by atoms with van der Waals surface area (Å²) < 4.78 is 6.26. The first-order chi connectivity index (χ1) is 9.06. The Morgan fingerprint density at radius 1 is 1.37 bits per heavy atom. The van der Waals surface area contributed by atoms with E-state index in [1.165, 1.54) is 12.3 Å². The van der Waals surface area contributed by atoms with E-state index in [1.54, 1.807) is 0 Å². The van der Waals surface area contributed by atoms with Gasteiger partial charge in [0.1, 0.15) is 11.3 Å². The molecule has 2 aromatic rings. The molecule has 0 spiro atoms. The Balaban J connectivity index is 2.03. The summed E-state index contributed by atoms with van der Waals surface area (Å²) in [4.78, 5) is 13.0. The Morgan fingerprint density at radius 2 is 2.16 bits per heavy atom. The zero-order valence-electron chi connectivity index (χ0n) is 10.5. The summed E-state index contributed by atoms with van der Waals surface area (Å²) >= 11 is 3.43. The van der Waals surface area contributed by atoms with Gasteiger partial charge in [-0.15, -0.1) is 0 Å². The molecule has 0 saturated heterocycles. The fourth-order valence-electron chi connectivity index (χ4n) is 1.90. The van der Waals surface area contributed by atoms with Crippen LogP contribution in [0.5, 0.6) is 0 Å². The first kappa shape index (κ1) is 13.8. The van der Waals surface area contributed by atoms with E-state index in [0.717, 1.165) is 16.6 Å². The van der Waals surface area contributed by atoms with Crippen LogP contribution in [0.4, 0.5) is 0 Å². The molecule has 5 heteroatoms. The molecule has 0 fully saturated rings. The average Bonchev–Trinajstić information content (AvgIpc) is 2.76. The SMILES string of the molecule is CN(Cc1cccc(Br)c1)Cc1occc1C(=O)O. The summed E-state index contributed by atoms with van der Waals surface area (Å²) in [6.07, 6.45) is 1.41. The maximum absolute atomic E-state index is 11.0. The second kappa shape index (κ2) is 6.04. The van der Waals surface area contributed by atoms with Gasteiger partial charge in [-0.3, -0.25) is 4.90 Å². The highest BCUT2D eigenvalue weighted by Gasteiger charge is 2.14. The minimum absolute atomic E-state index is 0.223. The molecule has 0 atom stereocenters. The van der Waals surface area contributed by atoms with Gasteiger partial charge in [-0.2, -0.15) is 0 Å². The van der Waals surface area contributed by atoms with Gasteiger partial charge in [-0.05, 0) is 30.8 Å². The lowest BCUT2D eigenvalue weighted by Crippen LogP contribution is -2.18. The number of rotatable bonds is 5. The zero-order chi connectivity index (χ0) is 13.8. The van der Waals surface area contributed by atoms with Crippen LogP contribution in [0.3, 0.4) is 0 Å². The molecule has 1 aromatic carbocycles. The molecule has 1 aromatic heterocycles. The molecule has 0 unspecified atom stereocenters. The van der Waals surface area contributed by atoms with E-state index in [2.05, 4.69) is 15.9 Å². The molecule has 0 saturated carbocycles. The number of carbonyl (C=O) groups is 1. The van der Waals surface area contributed by atoms with Crippen molar-refractivity contribution in [2.45, 2.75) is 13.1 Å². The summed E-state index contributed by atoms with van der Waals surface area (Å²) in [5.41, 5.74) is 1.38. The van der Waals surface area contributed by atoms with E-state index < -0.39 is 5.97 Å². The standard InChI is InChI=1S/C14H14BrNO3/c1-16(8-10-3-2-4-11(15)7-10)9-13-12(14(17)18)5-6-19-13/h2-7H,8-9H2,1H3,(H,17,18). The molecule has 2 rings (SSSR count). The van der Waals surface area contributed by atoms with Crippen molar-refractivity contribution in [1.82, 2.24) is 4.90 Å². The molecule has 0 aliphatic heterocycles. The normalized spacial score (nSPS) is 10.9. The number of halogens is 1. The maximum Gasteiger partial charge on any atom is 0.339 e. The quantitative estimate of drug-likeness (QED) is 0.916. The lowest BCUT2D eigenvalue weighted by Gasteiger charge is -2.15. The molecule has 0 aliphatic carbocycles. The van der Waals surface area contributed by atoms with E-state index in [1.807, 2.05) is 36.2 Å². The van der Waals surface area contributed by atoms with Crippen molar-refractivity contribution in [3.63, 3.8) is 0 Å². The zero-order valence-corrected chi connectivity index (χ0v) is 12.1. The molecular formula is C14H14BrNO3. The Kier molecular flexibility index (Phi) is 4.39. The van der Waals surface area contributed by atoms with Crippen molar-refractivity contribution < 1.29 is 14.3 Å². The van der Waals surface area contributed by atoms with Gasteiger partial charge in [-0.1, -0.05) is 28.1 Å². The van der Waals surface area contributed by atoms with Crippen LogP contribution in [-0.2, 0) is 13.1 Å². The first-order valence-corrected chi connectivity index (χ1v) is 6.58. The summed E-state index contributed by atoms with van der Waals surface area (Å²) in [5, 5.41) is 9.01. The van der Waals surface area contributed by atoms with E-state index in [4.69, 9.17) is 9.52 Å². The van der Waals surface area contributed by atoms with Crippen LogP contribution in [0, 0.1) is 0 Å². The van der Waals surface area contributed by atoms with Crippen molar-refractivity contribution in [2.75, 3.05) is 7.05 Å². The molecule has 1 N–H and O–H groups in total. The van der Waals surface area contributed by atoms with E-state index in [-0.39, 0.29) is 5.56 Å². The highest BCUT2D eigenvalue weighted by Crippen LogP contribution is 2.16. The third-order valence-electron chi connectivity index (χ3n) is 2.73. The predicted molar refractivity (Wildman–Crippen MR) is 75.0 cm³/mol. The van der Waals surface area contributed by atoms with Gasteiger partial charge in [0.15, 0.2) is 0 Å². The van der Waals surface area contributed by atoms with Crippen molar-refractivity contribution in [2.24, 2.45) is 0 Å². The fourth-order valence-corrected chi connectivity index (χ4v) is 2.35. The van der Waals surface area contributed by atoms with E-state index in [0.29, 0.717) is 12.3 Å². The number of hydrogen-bond acceptors (Lipinski definition) is 3. The molecule has 100 valence electrons. The van der Waals surface area contributed by atoms with Crippen molar-refractivity contribution in [3.8, 4) is 0 Å². The van der Waals surface area contributed by atoms with Crippen molar-refractivity contribution >= 4 is 21.9 Å². The third kappa shape index (κ3) is 3.68. The van der Waals surface area contributed by atoms with Gasteiger partial charge in [-0.25, -0.2) is 4.79 Å². The highest BCUT2D eigenvalue weighted by atomic mass is 79.9. The maximum atomic E-state index is 11.0. The van der Waals surface area contributed by atoms with Gasteiger partial charge < -0.3 is 9.52 Å². The molecule has 0 bridgehead atoms. The molecule has 19 heavy (non-hydrogen) atoms. The molecule has 0 aliphatic rings. The Hall–Kier alpha value is -1.59. The Morgan fingerprint density at radius 3 is 2.84 bits per heavy atom. The second-order valence-corrected chi connectivity index (χ2v) is 5.28. The Labute approximate surface area is 119 Å². The first-order valence-electron chi connectivity index (χ1n) is 5.79. The van der Waals surface area contributed by atoms with Crippen LogP contribution in [0.1, 0.15) is 21.7 Å². The number of carboxylic acids is 1. The van der Waals surface area contributed by atoms with Crippen LogP contribution >= 0.6 is 15.9 Å². The lowest BCUT2D eigenvalue weighted by molar-refractivity contribution is 0.0693. The largest absolute Gasteiger partial charge is 0.478 e. The second-order valence-electron chi connectivity index (χ2n) is 4.36. The topological polar surface area (TPSA) is 53.7 Å². The summed E-state index contributed by atoms with van der Waals surface area (Å²) in [6, 6.07) is 9.49. The number of hydrogen-bond donors (Lipinski definition) is 1. The van der Waals surface area contributed by atoms with Crippen molar-refractivity contribution in [1.29, 1.82) is 0 Å². The molecular weight excluding hydrogens is 310 g/mol. The molecule has 4 nitrogen and oxygen atoms in total. The van der Waals surface area contributed by atoms with Gasteiger partial charge in [0, 0.05) is 11.0 Å². The minimum Gasteiger partial charge on any atom is -0.478 e. The number of carboxylic acid groups (broad SMARTS) is 1. The molecule has 1 heterocycles. The van der Waals surface area contributed by atoms with Gasteiger partial charge in [0.25, 0.3) is 0 Å². The number of aromatic carboxylic acids is 1. The van der Waals surface area contributed by atoms with Crippen LogP contribution < -0.4 is 0 Å². The minimum atomic E-state index is -0.959. The Bertz CT molecular complexity index is 580. The van der Waals surface area contributed by atoms with Gasteiger partial charge in [0.05, 0.1) is 12.8 Å². The predicted octanol–water partition coefficient (Wildman–Crippen LogP) is 3.37. The summed E-state index contributed by atoms with van der Waals surface area (Å²) in [5.74, 6) is -0.482. The van der Waals surface area contributed by atoms with Gasteiger partial charge >= 0.3 is 5.97 Å². The van der Waals surface area contributed by atoms with Crippen LogP contribution in [0.15, 0.2) is 45.5 Å². The lowest BCUT2D eigenvalue weighted by atomic mass is 10.2. The molecule has 0 amide bonds. The number of furan rings is 1.